The van der Waals surface area contributed by atoms with E-state index in [-0.39, 0.29) is 0 Å². The first-order chi connectivity index (χ1) is 13.1. The molecule has 1 aliphatic heterocycles. The fourth-order valence-corrected chi connectivity index (χ4v) is 8.55. The van der Waals surface area contributed by atoms with E-state index in [9.17, 15) is 20.1 Å². The summed E-state index contributed by atoms with van der Waals surface area (Å²) in [5.74, 6) is 0. The van der Waals surface area contributed by atoms with Crippen LogP contribution in [0.25, 0.3) is 35.3 Å². The molecular formula is C16H11N6O4Si+3. The second-order valence-electron chi connectivity index (χ2n) is 6.04. The van der Waals surface area contributed by atoms with E-state index in [0.717, 1.165) is 0 Å². The van der Waals surface area contributed by atoms with E-state index in [1.807, 2.05) is 12.1 Å². The van der Waals surface area contributed by atoms with E-state index in [1.165, 1.54) is 26.9 Å². The Bertz CT molecular complexity index is 1320. The summed E-state index contributed by atoms with van der Waals surface area (Å²) in [6.07, 6.45) is 9.09. The molecule has 0 bridgehead atoms. The fraction of sp³-hybridized carbons (Fsp3) is 0. The number of aliphatic hydroxyl groups excluding tert-OH is 3. The summed E-state index contributed by atoms with van der Waals surface area (Å²) >= 11 is 0. The van der Waals surface area contributed by atoms with E-state index >= 15 is 0 Å². The van der Waals surface area contributed by atoms with Gasteiger partial charge in [-0.25, -0.2) is 0 Å². The van der Waals surface area contributed by atoms with Gasteiger partial charge in [-0.1, -0.05) is 0 Å². The van der Waals surface area contributed by atoms with Gasteiger partial charge in [-0.3, -0.25) is 0 Å². The number of hydrogen-bond acceptors (Lipinski definition) is 5. The maximum absolute atomic E-state index is 11.6. The van der Waals surface area contributed by atoms with Gasteiger partial charge in [0.05, 0.1) is 0 Å². The summed E-state index contributed by atoms with van der Waals surface area (Å²) in [5.41, 5.74) is 0.993. The van der Waals surface area contributed by atoms with Crippen molar-refractivity contribution in [3.05, 3.63) is 62.3 Å². The molecule has 130 valence electrons. The Morgan fingerprint density at radius 3 is 1.63 bits per heavy atom. The Morgan fingerprint density at radius 2 is 1.26 bits per heavy atom. The zero-order valence-electron chi connectivity index (χ0n) is 13.6. The third-order valence-corrected chi connectivity index (χ3v) is 10.3. The first-order valence-corrected chi connectivity index (χ1v) is 10.3. The quantitative estimate of drug-likeness (QED) is 0.192. The summed E-state index contributed by atoms with van der Waals surface area (Å²) in [7, 11) is -6.39. The number of rotatable bonds is 1. The van der Waals surface area contributed by atoms with Crippen molar-refractivity contribution in [1.29, 1.82) is 0 Å². The van der Waals surface area contributed by atoms with Crippen LogP contribution >= 0.6 is 0 Å². The Hall–Kier alpha value is -4.49. The number of pyridine rings is 2. The van der Waals surface area contributed by atoms with Crippen LogP contribution in [0.4, 0.5) is 0 Å². The van der Waals surface area contributed by atoms with Gasteiger partial charge in [0.25, 0.3) is 0 Å². The molecule has 3 heterocycles. The first-order valence-electron chi connectivity index (χ1n) is 7.65. The van der Waals surface area contributed by atoms with Gasteiger partial charge in [0.2, 0.25) is 0 Å². The van der Waals surface area contributed by atoms with Crippen molar-refractivity contribution < 1.29 is 28.6 Å². The number of aliphatic hydroxyl groups is 3. The third-order valence-electron chi connectivity index (χ3n) is 4.99. The maximum atomic E-state index is 11.6. The number of hydrogen-bond donors (Lipinski definition) is 3. The number of isocyanates is 1. The average Bonchev–Trinajstić information content (AvgIpc) is 2.88. The Labute approximate surface area is 150 Å². The van der Waals surface area contributed by atoms with Gasteiger partial charge in [0.15, 0.2) is 0 Å². The van der Waals surface area contributed by atoms with E-state index in [2.05, 4.69) is 18.2 Å². The van der Waals surface area contributed by atoms with Gasteiger partial charge in [0, 0.05) is 0 Å². The molecule has 10 nitrogen and oxygen atoms in total. The molecule has 3 aromatic rings. The summed E-state index contributed by atoms with van der Waals surface area (Å²) in [6.45, 7) is 0. The van der Waals surface area contributed by atoms with Crippen LogP contribution in [0.1, 0.15) is 0 Å². The molecule has 0 fully saturated rings. The second-order valence-corrected chi connectivity index (χ2v) is 10.9. The van der Waals surface area contributed by atoms with E-state index in [0.29, 0.717) is 21.8 Å². The van der Waals surface area contributed by atoms with Gasteiger partial charge >= 0.3 is 150 Å². The van der Waals surface area contributed by atoms with Crippen LogP contribution in [0.5, 0.6) is 0 Å². The number of benzene rings is 1. The molecule has 3 N–H and O–H groups in total. The molecule has 11 heteroatoms. The van der Waals surface area contributed by atoms with Crippen molar-refractivity contribution in [1.82, 2.24) is 0 Å². The van der Waals surface area contributed by atoms with Gasteiger partial charge in [-0.05, 0) is 0 Å². The average molecular weight is 379 g/mol. The molecule has 27 heavy (non-hydrogen) atoms. The predicted molar refractivity (Wildman–Crippen MR) is 94.1 cm³/mol. The molecule has 0 atom stereocenters. The van der Waals surface area contributed by atoms with Gasteiger partial charge in [-0.15, -0.1) is 0 Å². The standard InChI is InChI=1S/C16H11N6O4Si/c23-9-17-27(18-10-24,19-11-25,20-12-26)21-7-1-3-13-5-6-14-4-2-8-22(27)16(14)15(13)21/h1-8,23-25H/q+3. The van der Waals surface area contributed by atoms with Gasteiger partial charge < -0.3 is 0 Å². The molecule has 0 saturated heterocycles. The third kappa shape index (κ3) is 1.40. The summed E-state index contributed by atoms with van der Waals surface area (Å²) in [4.78, 5) is 11.6. The first kappa shape index (κ1) is 16.0. The van der Waals surface area contributed by atoms with Crippen LogP contribution in [0.15, 0.2) is 53.4 Å². The summed E-state index contributed by atoms with van der Waals surface area (Å²) in [6, 6.07) is 10.5. The number of carbonyl (C=O) groups excluding carboxylic acids is 1. The number of nitrogens with zero attached hydrogens (tertiary/aromatic N) is 6. The van der Waals surface area contributed by atoms with Crippen LogP contribution in [-0.4, -0.2) is 29.0 Å². The molecular weight excluding hydrogens is 368 g/mol. The van der Waals surface area contributed by atoms with Crippen molar-refractivity contribution in [3.63, 3.8) is 0 Å². The predicted octanol–water partition coefficient (Wildman–Crippen LogP) is 0.939. The minimum absolute atomic E-state index is 0.496. The fourth-order valence-electron chi connectivity index (χ4n) is 3.97. The van der Waals surface area contributed by atoms with Crippen LogP contribution < -0.4 is 8.47 Å². The van der Waals surface area contributed by atoms with E-state index in [4.69, 9.17) is 0 Å². The molecule has 0 amide bonds. The van der Waals surface area contributed by atoms with Crippen LogP contribution in [0.3, 0.4) is 0 Å². The summed E-state index contributed by atoms with van der Waals surface area (Å²) in [5, 5.41) is 30.1. The molecule has 0 unspecified atom stereocenters. The molecule has 2 aromatic heterocycles. The zero-order valence-corrected chi connectivity index (χ0v) is 14.6. The molecule has 4 rings (SSSR count). The van der Waals surface area contributed by atoms with Crippen molar-refractivity contribution in [3.8, 4) is 18.8 Å². The van der Waals surface area contributed by atoms with Crippen molar-refractivity contribution in [2.45, 2.75) is 0 Å². The molecule has 1 aliphatic rings. The molecule has 0 spiro atoms. The molecule has 0 radical (unpaired) electrons. The van der Waals surface area contributed by atoms with Gasteiger partial charge in [0.1, 0.15) is 0 Å². The van der Waals surface area contributed by atoms with Crippen LogP contribution in [0.2, 0.25) is 0 Å². The topological polar surface area (TPSA) is 111 Å². The monoisotopic (exact) mass is 379 g/mol. The van der Waals surface area contributed by atoms with E-state index < -0.39 is 7.60 Å². The normalized spacial score (nSPS) is 18.7. The molecule has 1 aromatic carbocycles. The number of aromatic nitrogens is 2. The van der Waals surface area contributed by atoms with E-state index in [1.54, 1.807) is 43.0 Å². The van der Waals surface area contributed by atoms with Crippen LogP contribution in [0, 0.1) is 18.8 Å². The van der Waals surface area contributed by atoms with Crippen molar-refractivity contribution in [2.75, 3.05) is 0 Å². The Morgan fingerprint density at radius 1 is 0.815 bits per heavy atom. The second kappa shape index (κ2) is 4.57. The zero-order chi connectivity index (χ0) is 19.2. The molecule has 0 saturated carbocycles. The summed E-state index contributed by atoms with van der Waals surface area (Å²) < 4.78 is 18.3. The minimum atomic E-state index is -6.39. The molecule has 0 aliphatic carbocycles. The Kier molecular flexibility index (Phi) is 2.71. The van der Waals surface area contributed by atoms with Crippen LogP contribution in [-0.2, 0) is 4.79 Å². The SMILES string of the molecule is O=C=N[Si-2]1([N+]#CO)([N+]#CO)([N+]#CO)[n+]2cccc3ccc4ccc[n+]1c4c32. The van der Waals surface area contributed by atoms with Gasteiger partial charge in [-0.2, -0.15) is 0 Å². The Balaban J connectivity index is 2.61. The van der Waals surface area contributed by atoms with Crippen molar-refractivity contribution in [2.24, 2.45) is 4.66 Å². The van der Waals surface area contributed by atoms with Crippen molar-refractivity contribution >= 4 is 35.5 Å².